The molecule has 1 aromatic rings. The third-order valence-corrected chi connectivity index (χ3v) is 2.57. The number of carbonyl (C=O) groups is 1. The number of hydrogen-bond donors (Lipinski definition) is 1. The highest BCUT2D eigenvalue weighted by molar-refractivity contribution is 5.94. The van der Waals surface area contributed by atoms with Crippen molar-refractivity contribution in [3.05, 3.63) is 29.6 Å². The van der Waals surface area contributed by atoms with E-state index in [0.29, 0.717) is 31.0 Å². The van der Waals surface area contributed by atoms with E-state index < -0.39 is 0 Å². The zero-order chi connectivity index (χ0) is 14.1. The van der Waals surface area contributed by atoms with Crippen molar-refractivity contribution in [3.63, 3.8) is 0 Å². The van der Waals surface area contributed by atoms with Crippen LogP contribution in [0.4, 0.5) is 0 Å². The summed E-state index contributed by atoms with van der Waals surface area (Å²) in [5, 5.41) is 0. The van der Waals surface area contributed by atoms with Crippen LogP contribution in [0.3, 0.4) is 0 Å². The van der Waals surface area contributed by atoms with Gasteiger partial charge in [-0.15, -0.1) is 0 Å². The quantitative estimate of drug-likeness (QED) is 0.784. The Hall–Kier alpha value is -1.90. The minimum atomic E-state index is -0.138. The summed E-state index contributed by atoms with van der Waals surface area (Å²) in [7, 11) is 1.61. The van der Waals surface area contributed by atoms with Crippen molar-refractivity contribution >= 4 is 5.91 Å². The minimum absolute atomic E-state index is 0.138. The van der Waals surface area contributed by atoms with Gasteiger partial charge in [0.1, 0.15) is 5.69 Å². The van der Waals surface area contributed by atoms with E-state index in [4.69, 9.17) is 10.5 Å². The number of nitrogens with zero attached hydrogens (tertiary/aromatic N) is 2. The maximum atomic E-state index is 12.4. The number of rotatable bonds is 5. The highest BCUT2D eigenvalue weighted by Gasteiger charge is 2.17. The van der Waals surface area contributed by atoms with Gasteiger partial charge in [0, 0.05) is 26.4 Å². The van der Waals surface area contributed by atoms with Crippen LogP contribution in [-0.2, 0) is 4.74 Å². The third kappa shape index (κ3) is 4.36. The second-order valence-electron chi connectivity index (χ2n) is 3.78. The van der Waals surface area contributed by atoms with Gasteiger partial charge >= 0.3 is 0 Å². The summed E-state index contributed by atoms with van der Waals surface area (Å²) >= 11 is 0. The first-order chi connectivity index (χ1) is 9.24. The second-order valence-corrected chi connectivity index (χ2v) is 3.78. The topological polar surface area (TPSA) is 68.5 Å². The predicted octanol–water partition coefficient (Wildman–Crippen LogP) is 0.500. The van der Waals surface area contributed by atoms with Gasteiger partial charge in [-0.1, -0.05) is 11.8 Å². The zero-order valence-corrected chi connectivity index (χ0v) is 11.3. The Morgan fingerprint density at radius 1 is 1.58 bits per heavy atom. The molecule has 0 bridgehead atoms. The van der Waals surface area contributed by atoms with Crippen LogP contribution in [0.1, 0.15) is 23.0 Å². The lowest BCUT2D eigenvalue weighted by molar-refractivity contribution is 0.0700. The van der Waals surface area contributed by atoms with Crippen molar-refractivity contribution in [2.45, 2.75) is 6.92 Å². The number of carbonyl (C=O) groups excluding carboxylic acids is 1. The molecule has 0 aliphatic rings. The van der Waals surface area contributed by atoms with Crippen LogP contribution >= 0.6 is 0 Å². The summed E-state index contributed by atoms with van der Waals surface area (Å²) in [5.41, 5.74) is 6.32. The fraction of sp³-hybridized carbons (Fsp3) is 0.429. The Kier molecular flexibility index (Phi) is 6.58. The van der Waals surface area contributed by atoms with Crippen molar-refractivity contribution in [2.24, 2.45) is 5.73 Å². The summed E-state index contributed by atoms with van der Waals surface area (Å²) < 4.78 is 5.00. The number of ether oxygens (including phenoxy) is 1. The van der Waals surface area contributed by atoms with Crippen molar-refractivity contribution in [3.8, 4) is 11.8 Å². The van der Waals surface area contributed by atoms with Crippen LogP contribution in [-0.4, -0.2) is 49.1 Å². The molecule has 1 amide bonds. The Bertz CT molecular complexity index is 477. The van der Waals surface area contributed by atoms with Crippen molar-refractivity contribution in [1.29, 1.82) is 0 Å². The Morgan fingerprint density at radius 2 is 2.37 bits per heavy atom. The monoisotopic (exact) mass is 261 g/mol. The lowest BCUT2D eigenvalue weighted by atomic mass is 10.1. The maximum absolute atomic E-state index is 12.4. The predicted molar refractivity (Wildman–Crippen MR) is 73.6 cm³/mol. The fourth-order valence-corrected chi connectivity index (χ4v) is 1.58. The van der Waals surface area contributed by atoms with Crippen molar-refractivity contribution in [2.75, 3.05) is 33.4 Å². The lowest BCUT2D eigenvalue weighted by Crippen LogP contribution is -2.34. The normalized spacial score (nSPS) is 9.63. The van der Waals surface area contributed by atoms with E-state index >= 15 is 0 Å². The number of nitrogens with two attached hydrogens (primary N) is 1. The summed E-state index contributed by atoms with van der Waals surface area (Å²) in [4.78, 5) is 18.2. The van der Waals surface area contributed by atoms with E-state index in [1.807, 2.05) is 6.92 Å². The highest BCUT2D eigenvalue weighted by atomic mass is 16.5. The molecule has 0 aliphatic carbocycles. The van der Waals surface area contributed by atoms with E-state index in [-0.39, 0.29) is 12.5 Å². The molecule has 5 heteroatoms. The smallest absolute Gasteiger partial charge is 0.273 e. The number of likely N-dealkylation sites (N-methyl/N-ethyl adjacent to an activating group) is 1. The molecule has 0 atom stereocenters. The van der Waals surface area contributed by atoms with Gasteiger partial charge in [-0.2, -0.15) is 0 Å². The van der Waals surface area contributed by atoms with Gasteiger partial charge in [0.05, 0.1) is 18.7 Å². The molecule has 5 nitrogen and oxygen atoms in total. The molecule has 102 valence electrons. The van der Waals surface area contributed by atoms with Crippen LogP contribution in [0.25, 0.3) is 0 Å². The van der Waals surface area contributed by atoms with Gasteiger partial charge in [0.15, 0.2) is 0 Å². The van der Waals surface area contributed by atoms with E-state index in [9.17, 15) is 4.79 Å². The molecular weight excluding hydrogens is 242 g/mol. The van der Waals surface area contributed by atoms with Crippen LogP contribution in [0.5, 0.6) is 0 Å². The standard InChI is InChI=1S/C14H19N3O2/c1-3-17(10-11-19-2)14(18)13-12(6-4-8-15)7-5-9-16-13/h5,7,9H,3,8,10-11,15H2,1-2H3. The van der Waals surface area contributed by atoms with Gasteiger partial charge in [0.25, 0.3) is 5.91 Å². The first-order valence-electron chi connectivity index (χ1n) is 6.16. The van der Waals surface area contributed by atoms with E-state index in [1.165, 1.54) is 0 Å². The fourth-order valence-electron chi connectivity index (χ4n) is 1.58. The SMILES string of the molecule is CCN(CCOC)C(=O)c1ncccc1C#CCN. The van der Waals surface area contributed by atoms with Gasteiger partial charge in [-0.25, -0.2) is 4.98 Å². The molecule has 0 unspecified atom stereocenters. The molecular formula is C14H19N3O2. The molecule has 19 heavy (non-hydrogen) atoms. The maximum Gasteiger partial charge on any atom is 0.273 e. The first-order valence-corrected chi connectivity index (χ1v) is 6.16. The van der Waals surface area contributed by atoms with Gasteiger partial charge in [0.2, 0.25) is 0 Å². The summed E-state index contributed by atoms with van der Waals surface area (Å²) in [5.74, 6) is 5.48. The lowest BCUT2D eigenvalue weighted by Gasteiger charge is -2.20. The number of hydrogen-bond acceptors (Lipinski definition) is 4. The molecule has 2 N–H and O–H groups in total. The molecule has 0 fully saturated rings. The highest BCUT2D eigenvalue weighted by Crippen LogP contribution is 2.07. The van der Waals surface area contributed by atoms with E-state index in [0.717, 1.165) is 0 Å². The third-order valence-electron chi connectivity index (χ3n) is 2.57. The number of methoxy groups -OCH3 is 1. The summed E-state index contributed by atoms with van der Waals surface area (Å²) in [6.07, 6.45) is 1.59. The molecule has 1 heterocycles. The van der Waals surface area contributed by atoms with E-state index in [1.54, 1.807) is 30.3 Å². The van der Waals surface area contributed by atoms with E-state index in [2.05, 4.69) is 16.8 Å². The Balaban J connectivity index is 2.97. The summed E-state index contributed by atoms with van der Waals surface area (Å²) in [6.45, 7) is 3.80. The van der Waals surface area contributed by atoms with Crippen LogP contribution < -0.4 is 5.73 Å². The van der Waals surface area contributed by atoms with Gasteiger partial charge < -0.3 is 15.4 Å². The molecule has 0 spiro atoms. The summed E-state index contributed by atoms with van der Waals surface area (Å²) in [6, 6.07) is 3.52. The molecule has 0 saturated heterocycles. The molecule has 0 aromatic carbocycles. The average molecular weight is 261 g/mol. The van der Waals surface area contributed by atoms with Crippen LogP contribution in [0.2, 0.25) is 0 Å². The van der Waals surface area contributed by atoms with Crippen LogP contribution in [0.15, 0.2) is 18.3 Å². The molecule has 1 aromatic heterocycles. The zero-order valence-electron chi connectivity index (χ0n) is 11.3. The Labute approximate surface area is 113 Å². The number of aromatic nitrogens is 1. The minimum Gasteiger partial charge on any atom is -0.383 e. The van der Waals surface area contributed by atoms with Crippen LogP contribution in [0, 0.1) is 11.8 Å². The molecule has 1 rings (SSSR count). The molecule has 0 saturated carbocycles. The number of amides is 1. The average Bonchev–Trinajstić information content (AvgIpc) is 2.46. The molecule has 0 aliphatic heterocycles. The molecule has 0 radical (unpaired) electrons. The van der Waals surface area contributed by atoms with Gasteiger partial charge in [-0.05, 0) is 19.1 Å². The van der Waals surface area contributed by atoms with Crippen molar-refractivity contribution < 1.29 is 9.53 Å². The van der Waals surface area contributed by atoms with Crippen molar-refractivity contribution in [1.82, 2.24) is 9.88 Å². The second kappa shape index (κ2) is 8.25. The number of pyridine rings is 1. The Morgan fingerprint density at radius 3 is 3.00 bits per heavy atom. The van der Waals surface area contributed by atoms with Gasteiger partial charge in [-0.3, -0.25) is 4.79 Å². The largest absolute Gasteiger partial charge is 0.383 e. The first kappa shape index (κ1) is 15.2.